The number of carbonyl (C=O) groups is 1. The number of hydrogen-bond donors (Lipinski definition) is 1. The van der Waals surface area contributed by atoms with Gasteiger partial charge in [0.25, 0.3) is 0 Å². The summed E-state index contributed by atoms with van der Waals surface area (Å²) >= 11 is 0. The maximum Gasteiger partial charge on any atom is 0.223 e. The Morgan fingerprint density at radius 3 is 2.56 bits per heavy atom. The molecule has 1 heterocycles. The van der Waals surface area contributed by atoms with Crippen LogP contribution < -0.4 is 0 Å². The van der Waals surface area contributed by atoms with E-state index >= 15 is 0 Å². The quantitative estimate of drug-likeness (QED) is 0.784. The van der Waals surface area contributed by atoms with E-state index in [4.69, 9.17) is 0 Å². The smallest absolute Gasteiger partial charge is 0.223 e. The maximum atomic E-state index is 12.1. The van der Waals surface area contributed by atoms with Gasteiger partial charge < -0.3 is 10.0 Å². The highest BCUT2D eigenvalue weighted by Gasteiger charge is 2.33. The molecule has 1 saturated heterocycles. The summed E-state index contributed by atoms with van der Waals surface area (Å²) < 4.78 is 0. The summed E-state index contributed by atoms with van der Waals surface area (Å²) in [6.07, 6.45) is 2.62. The lowest BCUT2D eigenvalue weighted by molar-refractivity contribution is -0.137. The van der Waals surface area contributed by atoms with Gasteiger partial charge in [0.05, 0.1) is 6.61 Å². The van der Waals surface area contributed by atoms with E-state index in [-0.39, 0.29) is 23.3 Å². The van der Waals surface area contributed by atoms with Gasteiger partial charge in [-0.05, 0) is 18.3 Å². The molecule has 0 aromatic carbocycles. The standard InChI is InChI=1S/C13H25NO2/c1-12(2,3)8-11(16)14-7-5-6-13(4,9-14)10-15/h15H,5-10H2,1-4H3. The van der Waals surface area contributed by atoms with Crippen molar-refractivity contribution < 1.29 is 9.90 Å². The Hall–Kier alpha value is -0.570. The SMILES string of the molecule is CC(C)(C)CC(=O)N1CCCC(C)(CO)C1. The zero-order valence-corrected chi connectivity index (χ0v) is 11.0. The summed E-state index contributed by atoms with van der Waals surface area (Å²) in [7, 11) is 0. The van der Waals surface area contributed by atoms with Gasteiger partial charge in [-0.3, -0.25) is 4.79 Å². The van der Waals surface area contributed by atoms with Gasteiger partial charge in [0.1, 0.15) is 0 Å². The average Bonchev–Trinajstić information content (AvgIpc) is 2.15. The van der Waals surface area contributed by atoms with Crippen molar-refractivity contribution in [1.82, 2.24) is 4.90 Å². The first-order valence-corrected chi connectivity index (χ1v) is 6.14. The van der Waals surface area contributed by atoms with E-state index in [1.54, 1.807) is 0 Å². The Morgan fingerprint density at radius 1 is 1.44 bits per heavy atom. The zero-order valence-electron chi connectivity index (χ0n) is 11.0. The third kappa shape index (κ3) is 3.78. The summed E-state index contributed by atoms with van der Waals surface area (Å²) in [6.45, 7) is 10.0. The first-order valence-electron chi connectivity index (χ1n) is 6.14. The molecule has 1 aliphatic rings. The van der Waals surface area contributed by atoms with Gasteiger partial charge in [0, 0.05) is 24.9 Å². The monoisotopic (exact) mass is 227 g/mol. The summed E-state index contributed by atoms with van der Waals surface area (Å²) in [5.41, 5.74) is -0.0457. The fourth-order valence-corrected chi connectivity index (χ4v) is 2.22. The Bertz CT molecular complexity index is 257. The minimum Gasteiger partial charge on any atom is -0.396 e. The van der Waals surface area contributed by atoms with Crippen molar-refractivity contribution in [3.05, 3.63) is 0 Å². The number of rotatable bonds is 2. The van der Waals surface area contributed by atoms with E-state index in [0.717, 1.165) is 19.4 Å². The number of likely N-dealkylation sites (tertiary alicyclic amines) is 1. The van der Waals surface area contributed by atoms with Crippen molar-refractivity contribution in [1.29, 1.82) is 0 Å². The third-order valence-corrected chi connectivity index (χ3v) is 3.20. The number of piperidine rings is 1. The second-order valence-corrected chi connectivity index (χ2v) is 6.63. The van der Waals surface area contributed by atoms with Crippen LogP contribution in [0.2, 0.25) is 0 Å². The van der Waals surface area contributed by atoms with Gasteiger partial charge in [-0.15, -0.1) is 0 Å². The molecule has 0 bridgehead atoms. The first kappa shape index (κ1) is 13.5. The molecule has 0 aromatic rings. The van der Waals surface area contributed by atoms with Gasteiger partial charge in [0.15, 0.2) is 0 Å². The van der Waals surface area contributed by atoms with Gasteiger partial charge in [0.2, 0.25) is 5.91 Å². The molecule has 1 aliphatic heterocycles. The topological polar surface area (TPSA) is 40.5 Å². The lowest BCUT2D eigenvalue weighted by Crippen LogP contribution is -2.47. The van der Waals surface area contributed by atoms with Crippen LogP contribution in [0.3, 0.4) is 0 Å². The van der Waals surface area contributed by atoms with Crippen molar-refractivity contribution in [2.45, 2.75) is 47.0 Å². The number of aliphatic hydroxyl groups excluding tert-OH is 1. The lowest BCUT2D eigenvalue weighted by atomic mass is 9.82. The van der Waals surface area contributed by atoms with Crippen molar-refractivity contribution in [3.63, 3.8) is 0 Å². The summed E-state index contributed by atoms with van der Waals surface area (Å²) in [5.74, 6) is 0.229. The molecule has 0 spiro atoms. The van der Waals surface area contributed by atoms with Crippen LogP contribution >= 0.6 is 0 Å². The molecular formula is C13H25NO2. The zero-order chi connectivity index (χ0) is 12.4. The summed E-state index contributed by atoms with van der Waals surface area (Å²) in [6, 6.07) is 0. The van der Waals surface area contributed by atoms with Crippen LogP contribution in [0.4, 0.5) is 0 Å². The summed E-state index contributed by atoms with van der Waals surface area (Å²) in [5, 5.41) is 9.34. The molecule has 1 unspecified atom stereocenters. The predicted molar refractivity (Wildman–Crippen MR) is 65.1 cm³/mol. The second kappa shape index (κ2) is 4.74. The fraction of sp³-hybridized carbons (Fsp3) is 0.923. The lowest BCUT2D eigenvalue weighted by Gasteiger charge is -2.40. The van der Waals surface area contributed by atoms with Gasteiger partial charge in [-0.2, -0.15) is 0 Å². The fourth-order valence-electron chi connectivity index (χ4n) is 2.22. The summed E-state index contributed by atoms with van der Waals surface area (Å²) in [4.78, 5) is 14.0. The molecule has 1 rings (SSSR count). The van der Waals surface area contributed by atoms with Crippen LogP contribution in [-0.2, 0) is 4.79 Å². The predicted octanol–water partition coefficient (Wildman–Crippen LogP) is 2.04. The molecule has 1 amide bonds. The minimum absolute atomic E-state index is 0.0458. The van der Waals surface area contributed by atoms with Crippen LogP contribution in [0.5, 0.6) is 0 Å². The molecule has 94 valence electrons. The molecule has 16 heavy (non-hydrogen) atoms. The van der Waals surface area contributed by atoms with Crippen LogP contribution in [0.1, 0.15) is 47.0 Å². The van der Waals surface area contributed by atoms with E-state index in [2.05, 4.69) is 27.7 Å². The molecule has 0 aromatic heterocycles. The van der Waals surface area contributed by atoms with Crippen molar-refractivity contribution in [2.24, 2.45) is 10.8 Å². The van der Waals surface area contributed by atoms with E-state index in [1.165, 1.54) is 0 Å². The molecular weight excluding hydrogens is 202 g/mol. The van der Waals surface area contributed by atoms with E-state index < -0.39 is 0 Å². The Labute approximate surface area is 98.8 Å². The Balaban J connectivity index is 2.57. The molecule has 3 nitrogen and oxygen atoms in total. The first-order chi connectivity index (χ1) is 7.26. The van der Waals surface area contributed by atoms with E-state index in [9.17, 15) is 9.90 Å². The average molecular weight is 227 g/mol. The third-order valence-electron chi connectivity index (χ3n) is 3.20. The largest absolute Gasteiger partial charge is 0.396 e. The Kier molecular flexibility index (Phi) is 4.00. The highest BCUT2D eigenvalue weighted by Crippen LogP contribution is 2.30. The highest BCUT2D eigenvalue weighted by molar-refractivity contribution is 5.77. The van der Waals surface area contributed by atoms with Gasteiger partial charge in [-0.1, -0.05) is 27.7 Å². The molecule has 3 heteroatoms. The number of nitrogens with zero attached hydrogens (tertiary/aromatic N) is 1. The van der Waals surface area contributed by atoms with Crippen LogP contribution in [0.25, 0.3) is 0 Å². The number of amides is 1. The maximum absolute atomic E-state index is 12.1. The van der Waals surface area contributed by atoms with Crippen molar-refractivity contribution in [3.8, 4) is 0 Å². The van der Waals surface area contributed by atoms with Crippen LogP contribution in [-0.4, -0.2) is 35.6 Å². The van der Waals surface area contributed by atoms with E-state index in [1.807, 2.05) is 4.90 Å². The minimum atomic E-state index is -0.0915. The van der Waals surface area contributed by atoms with Crippen LogP contribution in [0.15, 0.2) is 0 Å². The molecule has 0 aliphatic carbocycles. The van der Waals surface area contributed by atoms with Crippen molar-refractivity contribution in [2.75, 3.05) is 19.7 Å². The molecule has 1 N–H and O–H groups in total. The van der Waals surface area contributed by atoms with Crippen molar-refractivity contribution >= 4 is 5.91 Å². The second-order valence-electron chi connectivity index (χ2n) is 6.63. The number of aliphatic hydroxyl groups is 1. The number of hydrogen-bond acceptors (Lipinski definition) is 2. The molecule has 1 atom stereocenters. The van der Waals surface area contributed by atoms with Gasteiger partial charge in [-0.25, -0.2) is 0 Å². The highest BCUT2D eigenvalue weighted by atomic mass is 16.3. The molecule has 1 fully saturated rings. The van der Waals surface area contributed by atoms with E-state index in [0.29, 0.717) is 13.0 Å². The number of carbonyl (C=O) groups excluding carboxylic acids is 1. The van der Waals surface area contributed by atoms with Gasteiger partial charge >= 0.3 is 0 Å². The molecule has 0 radical (unpaired) electrons. The normalized spacial score (nSPS) is 26.9. The van der Waals surface area contributed by atoms with Crippen LogP contribution in [0, 0.1) is 10.8 Å². The Morgan fingerprint density at radius 2 is 2.06 bits per heavy atom. The molecule has 0 saturated carbocycles.